The van der Waals surface area contributed by atoms with Crippen LogP contribution in [0.5, 0.6) is 0 Å². The first-order chi connectivity index (χ1) is 6.41. The average Bonchev–Trinajstić information content (AvgIpc) is 2.03. The molecule has 0 bridgehead atoms. The zero-order chi connectivity index (χ0) is 11.2. The smallest absolute Gasteiger partial charge is 0.102 e. The molecule has 0 saturated heterocycles. The van der Waals surface area contributed by atoms with Crippen LogP contribution in [-0.2, 0) is 0 Å². The average molecular weight is 216 g/mol. The van der Waals surface area contributed by atoms with Gasteiger partial charge in [-0.15, -0.1) is 0 Å². The fourth-order valence-corrected chi connectivity index (χ4v) is 2.81. The predicted octanol–water partition coefficient (Wildman–Crippen LogP) is 1.51. The molecule has 0 aliphatic rings. The Morgan fingerprint density at radius 3 is 2.50 bits per heavy atom. The minimum atomic E-state index is -0.731. The normalized spacial score (nSPS) is 19.4. The lowest BCUT2D eigenvalue weighted by Crippen LogP contribution is -2.37. The highest BCUT2D eigenvalue weighted by Crippen LogP contribution is 2.25. The number of aliphatic hydroxyl groups is 1. The van der Waals surface area contributed by atoms with Gasteiger partial charge in [-0.25, -0.2) is 0 Å². The lowest BCUT2D eigenvalue weighted by Gasteiger charge is -2.22. The van der Waals surface area contributed by atoms with Crippen molar-refractivity contribution in [2.24, 2.45) is 5.73 Å². The highest BCUT2D eigenvalue weighted by molar-refractivity contribution is 8.00. The van der Waals surface area contributed by atoms with Crippen LogP contribution in [0.3, 0.4) is 0 Å². The molecule has 82 valence electrons. The van der Waals surface area contributed by atoms with Gasteiger partial charge in [-0.05, 0) is 19.8 Å². The summed E-state index contributed by atoms with van der Waals surface area (Å²) in [5.74, 6) is 0. The van der Waals surface area contributed by atoms with Crippen molar-refractivity contribution in [3.8, 4) is 6.07 Å². The Balaban J connectivity index is 3.87. The van der Waals surface area contributed by atoms with Gasteiger partial charge < -0.3 is 10.8 Å². The Morgan fingerprint density at radius 2 is 2.07 bits per heavy atom. The number of nitrogens with zero attached hydrogens (tertiary/aromatic N) is 1. The molecular formula is C10H20N2OS. The zero-order valence-electron chi connectivity index (χ0n) is 9.16. The van der Waals surface area contributed by atoms with Crippen LogP contribution >= 0.6 is 11.8 Å². The van der Waals surface area contributed by atoms with Gasteiger partial charge in [0.05, 0.1) is 6.07 Å². The molecule has 3 nitrogen and oxygen atoms in total. The summed E-state index contributed by atoms with van der Waals surface area (Å²) in [7, 11) is 0. The van der Waals surface area contributed by atoms with Crippen molar-refractivity contribution < 1.29 is 5.11 Å². The summed E-state index contributed by atoms with van der Waals surface area (Å²) < 4.78 is 0. The third-order valence-corrected chi connectivity index (χ3v) is 3.30. The summed E-state index contributed by atoms with van der Waals surface area (Å²) in [5, 5.41) is 18.3. The van der Waals surface area contributed by atoms with E-state index in [1.807, 2.05) is 0 Å². The van der Waals surface area contributed by atoms with Crippen LogP contribution < -0.4 is 5.73 Å². The van der Waals surface area contributed by atoms with Gasteiger partial charge in [-0.2, -0.15) is 17.0 Å². The van der Waals surface area contributed by atoms with Crippen LogP contribution in [0.1, 0.15) is 33.6 Å². The Bertz CT molecular complexity index is 201. The highest BCUT2D eigenvalue weighted by Gasteiger charge is 2.22. The van der Waals surface area contributed by atoms with E-state index in [0.717, 1.165) is 6.42 Å². The molecule has 0 saturated carbocycles. The van der Waals surface area contributed by atoms with Crippen LogP contribution in [0.2, 0.25) is 0 Å². The molecule has 3 atom stereocenters. The molecule has 4 heteroatoms. The van der Waals surface area contributed by atoms with E-state index in [-0.39, 0.29) is 6.61 Å². The maximum absolute atomic E-state index is 8.76. The van der Waals surface area contributed by atoms with Crippen LogP contribution in [-0.4, -0.2) is 27.8 Å². The molecule has 0 radical (unpaired) electrons. The van der Waals surface area contributed by atoms with E-state index in [1.165, 1.54) is 0 Å². The van der Waals surface area contributed by atoms with Crippen molar-refractivity contribution in [3.05, 3.63) is 0 Å². The largest absolute Gasteiger partial charge is 0.396 e. The first kappa shape index (κ1) is 13.8. The quantitative estimate of drug-likeness (QED) is 0.706. The summed E-state index contributed by atoms with van der Waals surface area (Å²) in [4.78, 5) is 0. The number of aliphatic hydroxyl groups excluding tert-OH is 1. The lowest BCUT2D eigenvalue weighted by atomic mass is 10.00. The number of nitriles is 1. The molecule has 0 aromatic carbocycles. The SMILES string of the molecule is CC(CCO)SC(C)CC(C)(N)C#N. The maximum atomic E-state index is 8.76. The zero-order valence-corrected chi connectivity index (χ0v) is 9.97. The summed E-state index contributed by atoms with van der Waals surface area (Å²) in [5.41, 5.74) is 5.01. The van der Waals surface area contributed by atoms with E-state index in [9.17, 15) is 0 Å². The first-order valence-electron chi connectivity index (χ1n) is 4.87. The molecule has 0 spiro atoms. The van der Waals surface area contributed by atoms with E-state index in [4.69, 9.17) is 16.1 Å². The van der Waals surface area contributed by atoms with Gasteiger partial charge in [0.2, 0.25) is 0 Å². The standard InChI is InChI=1S/C10H20N2OS/c1-8(4-5-13)14-9(2)6-10(3,12)7-11/h8-9,13H,4-6,12H2,1-3H3. The molecule has 0 aliphatic heterocycles. The van der Waals surface area contributed by atoms with E-state index >= 15 is 0 Å². The van der Waals surface area contributed by atoms with Crippen LogP contribution in [0, 0.1) is 11.3 Å². The molecule has 3 N–H and O–H groups in total. The minimum absolute atomic E-state index is 0.221. The van der Waals surface area contributed by atoms with E-state index < -0.39 is 5.54 Å². The third-order valence-electron chi connectivity index (χ3n) is 1.97. The lowest BCUT2D eigenvalue weighted by molar-refractivity contribution is 0.288. The number of hydrogen-bond acceptors (Lipinski definition) is 4. The number of rotatable bonds is 6. The van der Waals surface area contributed by atoms with Crippen molar-refractivity contribution in [2.75, 3.05) is 6.61 Å². The fourth-order valence-electron chi connectivity index (χ4n) is 1.34. The first-order valence-corrected chi connectivity index (χ1v) is 5.82. The number of thioether (sulfide) groups is 1. The van der Waals surface area contributed by atoms with Gasteiger partial charge in [0.1, 0.15) is 5.54 Å². The van der Waals surface area contributed by atoms with Gasteiger partial charge in [0.25, 0.3) is 0 Å². The molecule has 0 aromatic rings. The van der Waals surface area contributed by atoms with Crippen molar-refractivity contribution in [3.63, 3.8) is 0 Å². The predicted molar refractivity (Wildman–Crippen MR) is 61.0 cm³/mol. The van der Waals surface area contributed by atoms with E-state index in [0.29, 0.717) is 16.9 Å². The molecule has 0 amide bonds. The molecule has 0 aromatic heterocycles. The fraction of sp³-hybridized carbons (Fsp3) is 0.900. The van der Waals surface area contributed by atoms with Gasteiger partial charge in [0, 0.05) is 17.1 Å². The number of hydrogen-bond donors (Lipinski definition) is 2. The Labute approximate surface area is 90.7 Å². The Morgan fingerprint density at radius 1 is 1.50 bits per heavy atom. The second-order valence-electron chi connectivity index (χ2n) is 4.00. The number of nitrogens with two attached hydrogens (primary N) is 1. The summed E-state index contributed by atoms with van der Waals surface area (Å²) in [6.07, 6.45) is 1.48. The molecule has 0 fully saturated rings. The third kappa shape index (κ3) is 6.25. The van der Waals surface area contributed by atoms with Gasteiger partial charge in [-0.3, -0.25) is 0 Å². The van der Waals surface area contributed by atoms with Crippen LogP contribution in [0.4, 0.5) is 0 Å². The second kappa shape index (κ2) is 6.28. The van der Waals surface area contributed by atoms with Crippen molar-refractivity contribution in [1.82, 2.24) is 0 Å². The Hall–Kier alpha value is -0.240. The van der Waals surface area contributed by atoms with Crippen molar-refractivity contribution in [2.45, 2.75) is 49.7 Å². The van der Waals surface area contributed by atoms with Crippen molar-refractivity contribution >= 4 is 11.8 Å². The topological polar surface area (TPSA) is 70.0 Å². The minimum Gasteiger partial charge on any atom is -0.396 e. The second-order valence-corrected chi connectivity index (χ2v) is 5.88. The van der Waals surface area contributed by atoms with E-state index in [2.05, 4.69) is 19.9 Å². The highest BCUT2D eigenvalue weighted by atomic mass is 32.2. The van der Waals surface area contributed by atoms with Crippen LogP contribution in [0.15, 0.2) is 0 Å². The summed E-state index contributed by atoms with van der Waals surface area (Å²) >= 11 is 1.78. The molecule has 0 aliphatic carbocycles. The summed E-state index contributed by atoms with van der Waals surface area (Å²) in [6.45, 7) is 6.12. The van der Waals surface area contributed by atoms with Gasteiger partial charge in [0.15, 0.2) is 0 Å². The van der Waals surface area contributed by atoms with Crippen LogP contribution in [0.25, 0.3) is 0 Å². The molecule has 3 unspecified atom stereocenters. The summed E-state index contributed by atoms with van der Waals surface area (Å²) in [6, 6.07) is 2.09. The Kier molecular flexibility index (Phi) is 6.17. The molecule has 14 heavy (non-hydrogen) atoms. The van der Waals surface area contributed by atoms with Crippen molar-refractivity contribution in [1.29, 1.82) is 5.26 Å². The van der Waals surface area contributed by atoms with Gasteiger partial charge in [-0.1, -0.05) is 13.8 Å². The van der Waals surface area contributed by atoms with Gasteiger partial charge >= 0.3 is 0 Å². The maximum Gasteiger partial charge on any atom is 0.102 e. The molecular weight excluding hydrogens is 196 g/mol. The molecule has 0 heterocycles. The van der Waals surface area contributed by atoms with E-state index in [1.54, 1.807) is 18.7 Å². The monoisotopic (exact) mass is 216 g/mol. The molecule has 0 rings (SSSR count).